The number of aliphatic hydroxyl groups is 1. The van der Waals surface area contributed by atoms with E-state index in [1.165, 1.54) is 11.8 Å². The molecular weight excluding hydrogens is 238 g/mol. The van der Waals surface area contributed by atoms with Crippen LogP contribution in [0, 0.1) is 0 Å². The maximum absolute atomic E-state index is 11.0. The number of hydrogen-bond donors (Lipinski definition) is 2. The Hall–Kier alpha value is -0.860. The molecule has 0 unspecified atom stereocenters. The predicted octanol–water partition coefficient (Wildman–Crippen LogP) is 0.138. The first-order valence-corrected chi connectivity index (χ1v) is 5.96. The second-order valence-electron chi connectivity index (χ2n) is 2.46. The zero-order valence-corrected chi connectivity index (χ0v) is 9.51. The van der Waals surface area contributed by atoms with Crippen LogP contribution in [0.1, 0.15) is 6.42 Å². The number of hydrogen-bond acceptors (Lipinski definition) is 8. The molecule has 0 aliphatic rings. The van der Waals surface area contributed by atoms with Crippen LogP contribution in [0.5, 0.6) is 0 Å². The van der Waals surface area contributed by atoms with E-state index in [9.17, 15) is 4.79 Å². The lowest BCUT2D eigenvalue weighted by molar-refractivity contribution is -0.144. The minimum absolute atomic E-state index is 0.0470. The fraction of sp³-hybridized carbons (Fsp3) is 0.571. The molecule has 15 heavy (non-hydrogen) atoms. The third kappa shape index (κ3) is 4.96. The Balaban J connectivity index is 2.13. The van der Waals surface area contributed by atoms with Crippen molar-refractivity contribution in [3.05, 3.63) is 0 Å². The second-order valence-corrected chi connectivity index (χ2v) is 4.30. The van der Waals surface area contributed by atoms with Gasteiger partial charge in [-0.2, -0.15) is 9.36 Å². The van der Waals surface area contributed by atoms with Crippen LogP contribution in [0.4, 0.5) is 5.13 Å². The molecule has 0 amide bonds. The number of nitrogens with two attached hydrogens (primary N) is 1. The van der Waals surface area contributed by atoms with Crippen molar-refractivity contribution in [3.63, 3.8) is 0 Å². The van der Waals surface area contributed by atoms with E-state index in [2.05, 4.69) is 14.1 Å². The number of aliphatic hydroxyl groups excluding tert-OH is 1. The van der Waals surface area contributed by atoms with E-state index in [-0.39, 0.29) is 25.6 Å². The highest BCUT2D eigenvalue weighted by molar-refractivity contribution is 7.99. The molecule has 1 rings (SSSR count). The number of carbonyl (C=O) groups is 1. The number of nitrogen functional groups attached to an aromatic ring is 1. The lowest BCUT2D eigenvalue weighted by Crippen LogP contribution is -2.08. The van der Waals surface area contributed by atoms with Crippen molar-refractivity contribution < 1.29 is 14.6 Å². The molecule has 0 fully saturated rings. The molecule has 0 atom stereocenters. The first-order chi connectivity index (χ1) is 7.22. The maximum Gasteiger partial charge on any atom is 0.306 e. The summed E-state index contributed by atoms with van der Waals surface area (Å²) in [5.41, 5.74) is 5.39. The quantitative estimate of drug-likeness (QED) is 0.546. The first kappa shape index (κ1) is 12.2. The first-order valence-electron chi connectivity index (χ1n) is 4.21. The summed E-state index contributed by atoms with van der Waals surface area (Å²) in [6.07, 6.45) is 0.268. The van der Waals surface area contributed by atoms with E-state index < -0.39 is 0 Å². The predicted molar refractivity (Wildman–Crippen MR) is 57.7 cm³/mol. The largest absolute Gasteiger partial charge is 0.463 e. The maximum atomic E-state index is 11.0. The highest BCUT2D eigenvalue weighted by Crippen LogP contribution is 2.18. The van der Waals surface area contributed by atoms with Crippen LogP contribution in [-0.2, 0) is 9.53 Å². The van der Waals surface area contributed by atoms with Gasteiger partial charge >= 0.3 is 5.97 Å². The Bertz CT molecular complexity index is 318. The van der Waals surface area contributed by atoms with Crippen molar-refractivity contribution in [3.8, 4) is 0 Å². The molecule has 0 bridgehead atoms. The number of carbonyl (C=O) groups excluding carboxylic acids is 1. The van der Waals surface area contributed by atoms with Crippen LogP contribution in [0.2, 0.25) is 0 Å². The highest BCUT2D eigenvalue weighted by Gasteiger charge is 2.05. The summed E-state index contributed by atoms with van der Waals surface area (Å²) >= 11 is 2.47. The number of anilines is 1. The van der Waals surface area contributed by atoms with E-state index in [1.807, 2.05) is 0 Å². The Morgan fingerprint density at radius 1 is 1.67 bits per heavy atom. The molecule has 1 aromatic rings. The van der Waals surface area contributed by atoms with E-state index in [1.54, 1.807) is 0 Å². The van der Waals surface area contributed by atoms with Crippen LogP contribution in [0.3, 0.4) is 0 Å². The minimum atomic E-state index is -0.334. The van der Waals surface area contributed by atoms with Crippen molar-refractivity contribution in [2.45, 2.75) is 11.6 Å². The van der Waals surface area contributed by atoms with Crippen molar-refractivity contribution in [2.75, 3.05) is 24.7 Å². The molecular formula is C7H11N3O3S2. The topological polar surface area (TPSA) is 98.3 Å². The molecule has 1 heterocycles. The molecule has 6 nitrogen and oxygen atoms in total. The lowest BCUT2D eigenvalue weighted by atomic mass is 10.5. The summed E-state index contributed by atoms with van der Waals surface area (Å²) in [6.45, 7) is -0.103. The normalized spacial score (nSPS) is 10.2. The van der Waals surface area contributed by atoms with Crippen molar-refractivity contribution in [1.29, 1.82) is 0 Å². The second kappa shape index (κ2) is 6.59. The van der Waals surface area contributed by atoms with Gasteiger partial charge in [-0.05, 0) is 0 Å². The monoisotopic (exact) mass is 249 g/mol. The molecule has 0 aromatic carbocycles. The van der Waals surface area contributed by atoms with Crippen LogP contribution in [0.15, 0.2) is 5.16 Å². The minimum Gasteiger partial charge on any atom is -0.463 e. The summed E-state index contributed by atoms with van der Waals surface area (Å²) < 4.78 is 8.62. The molecule has 0 saturated carbocycles. The molecule has 84 valence electrons. The average molecular weight is 249 g/mol. The summed E-state index contributed by atoms with van der Waals surface area (Å²) in [7, 11) is 0. The van der Waals surface area contributed by atoms with Gasteiger partial charge in [0.15, 0.2) is 0 Å². The van der Waals surface area contributed by atoms with Crippen molar-refractivity contribution >= 4 is 34.4 Å². The van der Waals surface area contributed by atoms with E-state index in [0.29, 0.717) is 16.0 Å². The Morgan fingerprint density at radius 3 is 3.07 bits per heavy atom. The van der Waals surface area contributed by atoms with Gasteiger partial charge in [-0.25, -0.2) is 0 Å². The number of ether oxygens (including phenoxy) is 1. The fourth-order valence-corrected chi connectivity index (χ4v) is 2.07. The highest BCUT2D eigenvalue weighted by atomic mass is 32.2. The number of nitrogens with zero attached hydrogens (tertiary/aromatic N) is 2. The summed E-state index contributed by atoms with van der Waals surface area (Å²) in [4.78, 5) is 14.9. The van der Waals surface area contributed by atoms with Crippen molar-refractivity contribution in [1.82, 2.24) is 9.36 Å². The molecule has 0 saturated heterocycles. The van der Waals surface area contributed by atoms with E-state index >= 15 is 0 Å². The van der Waals surface area contributed by atoms with Gasteiger partial charge in [-0.15, -0.1) is 0 Å². The molecule has 3 N–H and O–H groups in total. The average Bonchev–Trinajstić information content (AvgIpc) is 2.61. The van der Waals surface area contributed by atoms with E-state index in [0.717, 1.165) is 11.5 Å². The molecule has 0 spiro atoms. The number of thioether (sulfide) groups is 1. The van der Waals surface area contributed by atoms with Gasteiger partial charge < -0.3 is 15.6 Å². The van der Waals surface area contributed by atoms with Gasteiger partial charge in [-0.1, -0.05) is 11.8 Å². The molecule has 1 aromatic heterocycles. The smallest absolute Gasteiger partial charge is 0.306 e. The van der Waals surface area contributed by atoms with E-state index in [4.69, 9.17) is 10.8 Å². The molecule has 0 aliphatic heterocycles. The summed E-state index contributed by atoms with van der Waals surface area (Å²) in [6, 6.07) is 0. The van der Waals surface area contributed by atoms with Crippen LogP contribution >= 0.6 is 23.3 Å². The molecule has 0 aliphatic carbocycles. The Morgan fingerprint density at radius 2 is 2.47 bits per heavy atom. The van der Waals surface area contributed by atoms with Crippen LogP contribution in [0.25, 0.3) is 0 Å². The lowest BCUT2D eigenvalue weighted by Gasteiger charge is -2.00. The van der Waals surface area contributed by atoms with Gasteiger partial charge in [0.05, 0.1) is 13.0 Å². The SMILES string of the molecule is Nc1nc(SCCC(=O)OCCO)ns1. The third-order valence-electron chi connectivity index (χ3n) is 1.31. The van der Waals surface area contributed by atoms with Crippen LogP contribution in [-0.4, -0.2) is 39.4 Å². The fourth-order valence-electron chi connectivity index (χ4n) is 0.737. The van der Waals surface area contributed by atoms with Gasteiger partial charge in [0, 0.05) is 17.3 Å². The summed E-state index contributed by atoms with van der Waals surface area (Å²) in [5.74, 6) is 0.209. The zero-order valence-electron chi connectivity index (χ0n) is 7.88. The van der Waals surface area contributed by atoms with Crippen molar-refractivity contribution in [2.24, 2.45) is 0 Å². The van der Waals surface area contributed by atoms with Gasteiger partial charge in [0.2, 0.25) is 10.3 Å². The summed E-state index contributed by atoms with van der Waals surface area (Å²) in [5, 5.41) is 9.40. The zero-order chi connectivity index (χ0) is 11.1. The Kier molecular flexibility index (Phi) is 5.37. The van der Waals surface area contributed by atoms with Gasteiger partial charge in [-0.3, -0.25) is 4.79 Å². The third-order valence-corrected chi connectivity index (χ3v) is 2.82. The molecule has 0 radical (unpaired) electrons. The number of rotatable bonds is 6. The van der Waals surface area contributed by atoms with Gasteiger partial charge in [0.1, 0.15) is 6.61 Å². The van der Waals surface area contributed by atoms with Crippen LogP contribution < -0.4 is 5.73 Å². The number of aromatic nitrogens is 2. The standard InChI is InChI=1S/C7H11N3O3S2/c8-6-9-7(10-15-6)14-4-1-5(12)13-3-2-11/h11H,1-4H2,(H2,8,9,10). The Labute approximate surface area is 95.0 Å². The van der Waals surface area contributed by atoms with Gasteiger partial charge in [0.25, 0.3) is 0 Å². The number of esters is 1. The molecule has 8 heteroatoms.